The van der Waals surface area contributed by atoms with Gasteiger partial charge in [-0.1, -0.05) is 29.3 Å². The van der Waals surface area contributed by atoms with Gasteiger partial charge in [0.1, 0.15) is 5.76 Å². The van der Waals surface area contributed by atoms with E-state index in [1.54, 1.807) is 18.2 Å². The molecule has 90 valence electrons. The summed E-state index contributed by atoms with van der Waals surface area (Å²) in [4.78, 5) is 0. The van der Waals surface area contributed by atoms with E-state index >= 15 is 0 Å². The maximum absolute atomic E-state index is 6.16. The minimum absolute atomic E-state index is 0.146. The number of benzene rings is 1. The maximum atomic E-state index is 6.16. The third-order valence-corrected chi connectivity index (χ3v) is 3.21. The molecule has 2 rings (SSSR count). The number of rotatable bonds is 3. The van der Waals surface area contributed by atoms with Crippen LogP contribution in [-0.2, 0) is 0 Å². The lowest BCUT2D eigenvalue weighted by Gasteiger charge is -2.15. The Bertz CT molecular complexity index is 524. The SMILES string of the molecule is CNC(c1ccc(Cl)o1)c1ccc(Cl)cc1Cl. The zero-order valence-electron chi connectivity index (χ0n) is 9.01. The van der Waals surface area contributed by atoms with Crippen molar-refractivity contribution in [3.05, 3.63) is 56.9 Å². The largest absolute Gasteiger partial charge is 0.448 e. The third-order valence-electron chi connectivity index (χ3n) is 2.44. The lowest BCUT2D eigenvalue weighted by atomic mass is 10.0. The molecule has 2 aromatic rings. The molecule has 0 bridgehead atoms. The van der Waals surface area contributed by atoms with Gasteiger partial charge in [-0.05, 0) is 48.5 Å². The summed E-state index contributed by atoms with van der Waals surface area (Å²) < 4.78 is 5.39. The minimum atomic E-state index is -0.146. The van der Waals surface area contributed by atoms with Gasteiger partial charge in [0.15, 0.2) is 5.22 Å². The summed E-state index contributed by atoms with van der Waals surface area (Å²) in [5, 5.41) is 4.67. The first kappa shape index (κ1) is 12.8. The van der Waals surface area contributed by atoms with Crippen molar-refractivity contribution in [3.63, 3.8) is 0 Å². The molecule has 0 saturated carbocycles. The highest BCUT2D eigenvalue weighted by molar-refractivity contribution is 6.35. The highest BCUT2D eigenvalue weighted by Crippen LogP contribution is 2.31. The lowest BCUT2D eigenvalue weighted by molar-refractivity contribution is 0.465. The number of furan rings is 1. The highest BCUT2D eigenvalue weighted by atomic mass is 35.5. The lowest BCUT2D eigenvalue weighted by Crippen LogP contribution is -2.17. The standard InChI is InChI=1S/C12H10Cl3NO/c1-16-12(10-4-5-11(15)17-10)8-3-2-7(13)6-9(8)14/h2-6,12,16H,1H3. The van der Waals surface area contributed by atoms with Crippen LogP contribution in [0.5, 0.6) is 0 Å². The fourth-order valence-electron chi connectivity index (χ4n) is 1.67. The molecular weight excluding hydrogens is 280 g/mol. The van der Waals surface area contributed by atoms with E-state index in [1.165, 1.54) is 0 Å². The molecule has 0 aliphatic carbocycles. The van der Waals surface area contributed by atoms with Crippen molar-refractivity contribution in [3.8, 4) is 0 Å². The number of hydrogen-bond donors (Lipinski definition) is 1. The van der Waals surface area contributed by atoms with E-state index in [4.69, 9.17) is 39.2 Å². The Kier molecular flexibility index (Phi) is 4.00. The van der Waals surface area contributed by atoms with Gasteiger partial charge >= 0.3 is 0 Å². The molecule has 0 amide bonds. The molecule has 1 atom stereocenters. The van der Waals surface area contributed by atoms with Gasteiger partial charge in [0.25, 0.3) is 0 Å². The fourth-order valence-corrected chi connectivity index (χ4v) is 2.34. The van der Waals surface area contributed by atoms with Crippen LogP contribution in [0.25, 0.3) is 0 Å². The topological polar surface area (TPSA) is 25.2 Å². The Hall–Kier alpha value is -0.670. The summed E-state index contributed by atoms with van der Waals surface area (Å²) in [6.07, 6.45) is 0. The fraction of sp³-hybridized carbons (Fsp3) is 0.167. The van der Waals surface area contributed by atoms with Crippen LogP contribution >= 0.6 is 34.8 Å². The average molecular weight is 291 g/mol. The summed E-state index contributed by atoms with van der Waals surface area (Å²) in [6.45, 7) is 0. The summed E-state index contributed by atoms with van der Waals surface area (Å²) >= 11 is 17.8. The van der Waals surface area contributed by atoms with E-state index in [1.807, 2.05) is 19.2 Å². The van der Waals surface area contributed by atoms with Crippen LogP contribution in [-0.4, -0.2) is 7.05 Å². The summed E-state index contributed by atoms with van der Waals surface area (Å²) in [5.74, 6) is 0.710. The normalized spacial score (nSPS) is 12.7. The second-order valence-electron chi connectivity index (χ2n) is 3.53. The van der Waals surface area contributed by atoms with Gasteiger partial charge in [-0.15, -0.1) is 0 Å². The Morgan fingerprint density at radius 3 is 2.41 bits per heavy atom. The number of halogens is 3. The molecule has 17 heavy (non-hydrogen) atoms. The zero-order chi connectivity index (χ0) is 12.4. The Morgan fingerprint density at radius 2 is 1.88 bits per heavy atom. The number of hydrogen-bond acceptors (Lipinski definition) is 2. The molecule has 0 radical (unpaired) electrons. The molecular formula is C12H10Cl3NO. The maximum Gasteiger partial charge on any atom is 0.193 e. The van der Waals surface area contributed by atoms with E-state index in [9.17, 15) is 0 Å². The van der Waals surface area contributed by atoms with Crippen LogP contribution in [0.2, 0.25) is 15.3 Å². The first-order valence-corrected chi connectivity index (χ1v) is 6.12. The van der Waals surface area contributed by atoms with E-state index in [2.05, 4.69) is 5.32 Å². The van der Waals surface area contributed by atoms with Crippen LogP contribution < -0.4 is 5.32 Å². The molecule has 1 N–H and O–H groups in total. The first-order chi connectivity index (χ1) is 8.11. The van der Waals surface area contributed by atoms with Crippen LogP contribution in [0.4, 0.5) is 0 Å². The van der Waals surface area contributed by atoms with Gasteiger partial charge in [0, 0.05) is 10.0 Å². The molecule has 0 saturated heterocycles. The Morgan fingerprint density at radius 1 is 1.12 bits per heavy atom. The second kappa shape index (κ2) is 5.32. The molecule has 5 heteroatoms. The first-order valence-electron chi connectivity index (χ1n) is 4.99. The quantitative estimate of drug-likeness (QED) is 0.897. The van der Waals surface area contributed by atoms with Crippen LogP contribution in [0.15, 0.2) is 34.7 Å². The Labute approximate surface area is 114 Å². The molecule has 1 aromatic carbocycles. The molecule has 0 aliphatic rings. The Balaban J connectivity index is 2.42. The summed E-state index contributed by atoms with van der Waals surface area (Å²) in [6, 6.07) is 8.72. The molecule has 1 heterocycles. The number of nitrogens with one attached hydrogen (secondary N) is 1. The third kappa shape index (κ3) is 2.78. The van der Waals surface area contributed by atoms with Gasteiger partial charge in [0.2, 0.25) is 0 Å². The van der Waals surface area contributed by atoms with Gasteiger partial charge < -0.3 is 9.73 Å². The van der Waals surface area contributed by atoms with E-state index in [0.29, 0.717) is 21.0 Å². The second-order valence-corrected chi connectivity index (χ2v) is 4.75. The van der Waals surface area contributed by atoms with Crippen LogP contribution in [0.1, 0.15) is 17.4 Å². The molecule has 1 unspecified atom stereocenters. The molecule has 0 aliphatic heterocycles. The molecule has 0 spiro atoms. The van der Waals surface area contributed by atoms with Crippen molar-refractivity contribution in [1.29, 1.82) is 0 Å². The van der Waals surface area contributed by atoms with E-state index in [-0.39, 0.29) is 6.04 Å². The van der Waals surface area contributed by atoms with E-state index in [0.717, 1.165) is 5.56 Å². The summed E-state index contributed by atoms with van der Waals surface area (Å²) in [7, 11) is 1.83. The van der Waals surface area contributed by atoms with Crippen molar-refractivity contribution >= 4 is 34.8 Å². The summed E-state index contributed by atoms with van der Waals surface area (Å²) in [5.41, 5.74) is 0.893. The molecule has 1 aromatic heterocycles. The van der Waals surface area contributed by atoms with Gasteiger partial charge in [-0.25, -0.2) is 0 Å². The zero-order valence-corrected chi connectivity index (χ0v) is 11.3. The van der Waals surface area contributed by atoms with Crippen molar-refractivity contribution in [2.24, 2.45) is 0 Å². The van der Waals surface area contributed by atoms with Crippen molar-refractivity contribution in [1.82, 2.24) is 5.32 Å². The van der Waals surface area contributed by atoms with Gasteiger partial charge in [0.05, 0.1) is 6.04 Å². The van der Waals surface area contributed by atoms with Crippen LogP contribution in [0, 0.1) is 0 Å². The smallest absolute Gasteiger partial charge is 0.193 e. The predicted octanol–water partition coefficient (Wildman–Crippen LogP) is 4.55. The van der Waals surface area contributed by atoms with Gasteiger partial charge in [-0.2, -0.15) is 0 Å². The van der Waals surface area contributed by atoms with Crippen molar-refractivity contribution < 1.29 is 4.42 Å². The van der Waals surface area contributed by atoms with E-state index < -0.39 is 0 Å². The van der Waals surface area contributed by atoms with Gasteiger partial charge in [-0.3, -0.25) is 0 Å². The average Bonchev–Trinajstić information content (AvgIpc) is 2.69. The molecule has 2 nitrogen and oxygen atoms in total. The highest BCUT2D eigenvalue weighted by Gasteiger charge is 2.18. The monoisotopic (exact) mass is 289 g/mol. The molecule has 0 fully saturated rings. The van der Waals surface area contributed by atoms with Crippen LogP contribution in [0.3, 0.4) is 0 Å². The minimum Gasteiger partial charge on any atom is -0.448 e. The predicted molar refractivity (Wildman–Crippen MR) is 71.1 cm³/mol. The van der Waals surface area contributed by atoms with Crippen molar-refractivity contribution in [2.45, 2.75) is 6.04 Å². The van der Waals surface area contributed by atoms with Crippen molar-refractivity contribution in [2.75, 3.05) is 7.05 Å².